The molecule has 3 aliphatic rings. The Morgan fingerprint density at radius 3 is 2.60 bits per heavy atom. The molecule has 0 N–H and O–H groups in total. The van der Waals surface area contributed by atoms with Crippen LogP contribution in [-0.2, 0) is 28.6 Å². The van der Waals surface area contributed by atoms with Crippen LogP contribution >= 0.6 is 0 Å². The van der Waals surface area contributed by atoms with Crippen molar-refractivity contribution in [1.82, 2.24) is 0 Å². The lowest BCUT2D eigenvalue weighted by Gasteiger charge is -2.26. The second-order valence-electron chi connectivity index (χ2n) is 6.70. The molecule has 4 atom stereocenters. The van der Waals surface area contributed by atoms with Crippen molar-refractivity contribution in [3.05, 3.63) is 47.6 Å². The average molecular weight is 344 g/mol. The van der Waals surface area contributed by atoms with Crippen LogP contribution in [0.3, 0.4) is 0 Å². The normalized spacial score (nSPS) is 33.4. The summed E-state index contributed by atoms with van der Waals surface area (Å²) in [5.41, 5.74) is 1.82. The first kappa shape index (κ1) is 17.2. The van der Waals surface area contributed by atoms with Crippen LogP contribution in [0, 0.1) is 5.92 Å². The van der Waals surface area contributed by atoms with E-state index in [2.05, 4.69) is 13.2 Å². The molecule has 0 aromatic rings. The zero-order chi connectivity index (χ0) is 18.3. The van der Waals surface area contributed by atoms with Crippen LogP contribution in [0.25, 0.3) is 0 Å². The van der Waals surface area contributed by atoms with Gasteiger partial charge in [0.05, 0.1) is 5.92 Å². The predicted octanol–water partition coefficient (Wildman–Crippen LogP) is 2.16. The van der Waals surface area contributed by atoms with Crippen molar-refractivity contribution in [2.45, 2.75) is 45.0 Å². The summed E-state index contributed by atoms with van der Waals surface area (Å²) in [5, 5.41) is 0. The molecule has 0 spiro atoms. The fourth-order valence-electron chi connectivity index (χ4n) is 3.33. The van der Waals surface area contributed by atoms with Gasteiger partial charge in [0.25, 0.3) is 0 Å². The van der Waals surface area contributed by atoms with Crippen molar-refractivity contribution in [2.24, 2.45) is 5.92 Å². The van der Waals surface area contributed by atoms with Crippen molar-refractivity contribution < 1.29 is 28.6 Å². The van der Waals surface area contributed by atoms with E-state index in [-0.39, 0.29) is 23.7 Å². The maximum Gasteiger partial charge on any atom is 0.334 e. The first-order valence-corrected chi connectivity index (χ1v) is 8.11. The number of hydrogen-bond acceptors (Lipinski definition) is 6. The van der Waals surface area contributed by atoms with E-state index in [1.165, 1.54) is 6.92 Å². The first-order chi connectivity index (χ1) is 11.8. The molecule has 2 heterocycles. The van der Waals surface area contributed by atoms with E-state index in [1.807, 2.05) is 13.0 Å². The van der Waals surface area contributed by atoms with Crippen LogP contribution in [0.2, 0.25) is 0 Å². The minimum absolute atomic E-state index is 0.137. The highest BCUT2D eigenvalue weighted by Gasteiger charge is 2.46. The summed E-state index contributed by atoms with van der Waals surface area (Å²) < 4.78 is 16.3. The standard InChI is InChI=1S/C19H20O6/c1-9(2)17(20)24-15-8-12-7-13(23-19(12)22)5-10(3)6-14-16(15)11(4)18(21)25-14/h6-7,13-16H,1,4-5,8H2,2-3H3/b10-6-/t13-,14-,15?,16?/m0/s1. The van der Waals surface area contributed by atoms with Crippen LogP contribution in [0.1, 0.15) is 26.7 Å². The molecule has 6 heteroatoms. The smallest absolute Gasteiger partial charge is 0.334 e. The van der Waals surface area contributed by atoms with E-state index in [1.54, 1.807) is 6.08 Å². The van der Waals surface area contributed by atoms with Crippen molar-refractivity contribution in [3.8, 4) is 0 Å². The third-order valence-corrected chi connectivity index (χ3v) is 4.57. The number of carbonyl (C=O) groups is 3. The Morgan fingerprint density at radius 1 is 1.20 bits per heavy atom. The van der Waals surface area contributed by atoms with Gasteiger partial charge in [0.2, 0.25) is 0 Å². The van der Waals surface area contributed by atoms with Crippen LogP contribution in [0.4, 0.5) is 0 Å². The fourth-order valence-corrected chi connectivity index (χ4v) is 3.33. The van der Waals surface area contributed by atoms with E-state index in [0.29, 0.717) is 12.0 Å². The molecule has 0 saturated carbocycles. The number of carbonyl (C=O) groups excluding carboxylic acids is 3. The van der Waals surface area contributed by atoms with Gasteiger partial charge in [-0.3, -0.25) is 0 Å². The van der Waals surface area contributed by atoms with Gasteiger partial charge in [-0.2, -0.15) is 0 Å². The molecule has 6 nitrogen and oxygen atoms in total. The molecule has 1 fully saturated rings. The van der Waals surface area contributed by atoms with Crippen molar-refractivity contribution in [3.63, 3.8) is 0 Å². The Bertz CT molecular complexity index is 741. The number of rotatable bonds is 2. The van der Waals surface area contributed by atoms with E-state index in [0.717, 1.165) is 5.57 Å². The predicted molar refractivity (Wildman–Crippen MR) is 88.2 cm³/mol. The highest BCUT2D eigenvalue weighted by Crippen LogP contribution is 2.38. The van der Waals surface area contributed by atoms with Crippen molar-refractivity contribution in [1.29, 1.82) is 0 Å². The Hall–Kier alpha value is -2.63. The molecule has 2 bridgehead atoms. The summed E-state index contributed by atoms with van der Waals surface area (Å²) >= 11 is 0. The summed E-state index contributed by atoms with van der Waals surface area (Å²) in [6.45, 7) is 10.8. The maximum absolute atomic E-state index is 12.1. The minimum atomic E-state index is -0.771. The summed E-state index contributed by atoms with van der Waals surface area (Å²) in [6.07, 6.45) is 2.52. The Labute approximate surface area is 145 Å². The zero-order valence-electron chi connectivity index (χ0n) is 14.2. The van der Waals surface area contributed by atoms with E-state index in [9.17, 15) is 14.4 Å². The Morgan fingerprint density at radius 2 is 1.92 bits per heavy atom. The van der Waals surface area contributed by atoms with Gasteiger partial charge in [-0.15, -0.1) is 0 Å². The van der Waals surface area contributed by atoms with Crippen LogP contribution in [-0.4, -0.2) is 36.2 Å². The Balaban J connectivity index is 2.01. The van der Waals surface area contributed by atoms with E-state index in [4.69, 9.17) is 14.2 Å². The summed E-state index contributed by atoms with van der Waals surface area (Å²) in [7, 11) is 0. The molecule has 3 rings (SSSR count). The zero-order valence-corrected chi connectivity index (χ0v) is 14.2. The first-order valence-electron chi connectivity index (χ1n) is 8.11. The quantitative estimate of drug-likeness (QED) is 0.331. The van der Waals surface area contributed by atoms with Gasteiger partial charge in [0, 0.05) is 29.6 Å². The number of fused-ring (bicyclic) bond motifs is 2. The van der Waals surface area contributed by atoms with Gasteiger partial charge in [-0.25, -0.2) is 14.4 Å². The van der Waals surface area contributed by atoms with Gasteiger partial charge in [-0.05, 0) is 26.0 Å². The van der Waals surface area contributed by atoms with E-state index < -0.39 is 36.0 Å². The lowest BCUT2D eigenvalue weighted by atomic mass is 9.85. The fraction of sp³-hybridized carbons (Fsp3) is 0.421. The topological polar surface area (TPSA) is 78.9 Å². The highest BCUT2D eigenvalue weighted by atomic mass is 16.6. The molecule has 0 amide bonds. The summed E-state index contributed by atoms with van der Waals surface area (Å²) in [4.78, 5) is 36.2. The van der Waals surface area contributed by atoms with Gasteiger partial charge in [0.1, 0.15) is 18.3 Å². The van der Waals surface area contributed by atoms with Crippen LogP contribution < -0.4 is 0 Å². The number of ether oxygens (including phenoxy) is 3. The highest BCUT2D eigenvalue weighted by molar-refractivity contribution is 5.93. The van der Waals surface area contributed by atoms with Gasteiger partial charge < -0.3 is 14.2 Å². The van der Waals surface area contributed by atoms with Crippen LogP contribution in [0.5, 0.6) is 0 Å². The van der Waals surface area contributed by atoms with Gasteiger partial charge >= 0.3 is 17.9 Å². The van der Waals surface area contributed by atoms with Gasteiger partial charge in [-0.1, -0.05) is 18.7 Å². The minimum Gasteiger partial charge on any atom is -0.458 e. The third-order valence-electron chi connectivity index (χ3n) is 4.57. The van der Waals surface area contributed by atoms with Gasteiger partial charge in [0.15, 0.2) is 0 Å². The molecular weight excluding hydrogens is 324 g/mol. The maximum atomic E-state index is 12.1. The monoisotopic (exact) mass is 344 g/mol. The summed E-state index contributed by atoms with van der Waals surface area (Å²) in [6, 6.07) is 0. The molecule has 0 aromatic heterocycles. The molecule has 1 saturated heterocycles. The number of hydrogen-bond donors (Lipinski definition) is 0. The average Bonchev–Trinajstić information content (AvgIpc) is 2.98. The molecule has 25 heavy (non-hydrogen) atoms. The molecule has 0 radical (unpaired) electrons. The third kappa shape index (κ3) is 3.29. The summed E-state index contributed by atoms with van der Waals surface area (Å²) in [5.74, 6) is -2.09. The van der Waals surface area contributed by atoms with Crippen molar-refractivity contribution in [2.75, 3.05) is 0 Å². The second-order valence-corrected chi connectivity index (χ2v) is 6.70. The van der Waals surface area contributed by atoms with E-state index >= 15 is 0 Å². The van der Waals surface area contributed by atoms with Crippen molar-refractivity contribution >= 4 is 17.9 Å². The SMILES string of the molecule is C=C(C)C(=O)OC1CC2=C[C@H](C/C(C)=C\[C@@H]3OC(=O)C(=C)C13)OC2=O. The lowest BCUT2D eigenvalue weighted by Crippen LogP contribution is -2.34. The second kappa shape index (κ2) is 6.35. The largest absolute Gasteiger partial charge is 0.458 e. The molecule has 2 unspecified atom stereocenters. The molecule has 1 aliphatic carbocycles. The molecule has 0 aromatic carbocycles. The number of esters is 3. The molecule has 2 aliphatic heterocycles. The Kier molecular flexibility index (Phi) is 4.37. The lowest BCUT2D eigenvalue weighted by molar-refractivity contribution is -0.148. The molecule has 132 valence electrons. The van der Waals surface area contributed by atoms with Crippen LogP contribution in [0.15, 0.2) is 47.6 Å². The molecular formula is C19H20O6.